The molecule has 6 heteroatoms. The van der Waals surface area contributed by atoms with Crippen molar-refractivity contribution >= 4 is 5.97 Å². The number of fused-ring (bicyclic) bond motifs is 2. The number of rotatable bonds is 4. The Morgan fingerprint density at radius 1 is 1.22 bits per heavy atom. The Hall–Kier alpha value is -1.50. The highest BCUT2D eigenvalue weighted by atomic mass is 16.5. The normalized spacial score (nSPS) is 37.0. The summed E-state index contributed by atoms with van der Waals surface area (Å²) in [7, 11) is 0. The number of morpholine rings is 1. The topological polar surface area (TPSA) is 54.9 Å². The Morgan fingerprint density at radius 2 is 2.07 bits per heavy atom. The lowest BCUT2D eigenvalue weighted by atomic mass is 9.84. The molecule has 4 fully saturated rings. The summed E-state index contributed by atoms with van der Waals surface area (Å²) in [6.07, 6.45) is 10.1. The number of esters is 1. The number of ether oxygens (including phenoxy) is 2. The number of hydrogen-bond acceptors (Lipinski definition) is 6. The van der Waals surface area contributed by atoms with Crippen molar-refractivity contribution in [2.24, 2.45) is 0 Å². The fraction of sp³-hybridized carbons (Fsp3) is 0.714. The summed E-state index contributed by atoms with van der Waals surface area (Å²) in [6.45, 7) is 4.70. The molecule has 1 aromatic rings. The van der Waals surface area contributed by atoms with Gasteiger partial charge in [0.2, 0.25) is 0 Å². The Labute approximate surface area is 160 Å². The summed E-state index contributed by atoms with van der Waals surface area (Å²) in [5.41, 5.74) is 1.27. The van der Waals surface area contributed by atoms with Gasteiger partial charge < -0.3 is 9.47 Å². The minimum atomic E-state index is -0.0255. The summed E-state index contributed by atoms with van der Waals surface area (Å²) in [4.78, 5) is 20.8. The monoisotopic (exact) mass is 371 g/mol. The third-order valence-corrected chi connectivity index (χ3v) is 6.83. The number of carbonyl (C=O) groups excluding carboxylic acids is 1. The molecule has 0 aromatic carbocycles. The van der Waals surface area contributed by atoms with Gasteiger partial charge in [-0.3, -0.25) is 19.6 Å². The first-order chi connectivity index (χ1) is 13.2. The van der Waals surface area contributed by atoms with Crippen molar-refractivity contribution < 1.29 is 14.3 Å². The second kappa shape index (κ2) is 7.15. The van der Waals surface area contributed by atoms with Crippen LogP contribution in [0.15, 0.2) is 24.5 Å². The van der Waals surface area contributed by atoms with Crippen LogP contribution in [0.4, 0.5) is 0 Å². The van der Waals surface area contributed by atoms with E-state index in [0.29, 0.717) is 18.5 Å². The maximum Gasteiger partial charge on any atom is 0.306 e. The van der Waals surface area contributed by atoms with Gasteiger partial charge in [-0.15, -0.1) is 0 Å². The molecule has 4 saturated heterocycles. The third kappa shape index (κ3) is 3.62. The maximum absolute atomic E-state index is 11.4. The number of nitrogens with zero attached hydrogens (tertiary/aromatic N) is 3. The predicted molar refractivity (Wildman–Crippen MR) is 100 cm³/mol. The molecule has 0 amide bonds. The second-order valence-electron chi connectivity index (χ2n) is 8.74. The van der Waals surface area contributed by atoms with Crippen molar-refractivity contribution in [2.75, 3.05) is 26.2 Å². The highest BCUT2D eigenvalue weighted by molar-refractivity contribution is 5.71. The Morgan fingerprint density at radius 3 is 2.78 bits per heavy atom. The van der Waals surface area contributed by atoms with Crippen LogP contribution in [0.25, 0.3) is 0 Å². The van der Waals surface area contributed by atoms with Crippen LogP contribution in [0.5, 0.6) is 0 Å². The summed E-state index contributed by atoms with van der Waals surface area (Å²) in [5.74, 6) is -0.0255. The fourth-order valence-electron chi connectivity index (χ4n) is 5.70. The molecule has 146 valence electrons. The molecule has 2 unspecified atom stereocenters. The van der Waals surface area contributed by atoms with Crippen molar-refractivity contribution in [1.29, 1.82) is 0 Å². The van der Waals surface area contributed by atoms with E-state index in [4.69, 9.17) is 9.47 Å². The van der Waals surface area contributed by atoms with Crippen molar-refractivity contribution in [1.82, 2.24) is 14.8 Å². The second-order valence-corrected chi connectivity index (χ2v) is 8.74. The highest BCUT2D eigenvalue weighted by Crippen LogP contribution is 2.44. The molecule has 0 radical (unpaired) electrons. The number of piperidine rings is 1. The average molecular weight is 371 g/mol. The Balaban J connectivity index is 1.23. The van der Waals surface area contributed by atoms with Crippen LogP contribution in [0.2, 0.25) is 0 Å². The van der Waals surface area contributed by atoms with Crippen LogP contribution >= 0.6 is 0 Å². The minimum Gasteiger partial charge on any atom is -0.461 e. The first-order valence-corrected chi connectivity index (χ1v) is 10.4. The lowest BCUT2D eigenvalue weighted by Gasteiger charge is -2.51. The minimum absolute atomic E-state index is 0.00482. The van der Waals surface area contributed by atoms with Crippen molar-refractivity contribution in [3.05, 3.63) is 30.1 Å². The first kappa shape index (κ1) is 17.6. The van der Waals surface area contributed by atoms with Crippen molar-refractivity contribution in [3.63, 3.8) is 0 Å². The molecule has 4 aliphatic rings. The van der Waals surface area contributed by atoms with Crippen LogP contribution in [0.1, 0.15) is 44.1 Å². The number of hydrogen-bond donors (Lipinski definition) is 0. The Kier molecular flexibility index (Phi) is 4.66. The van der Waals surface area contributed by atoms with Gasteiger partial charge in [0.25, 0.3) is 0 Å². The quantitative estimate of drug-likeness (QED) is 0.755. The van der Waals surface area contributed by atoms with Gasteiger partial charge in [-0.05, 0) is 43.7 Å². The molecule has 27 heavy (non-hydrogen) atoms. The smallest absolute Gasteiger partial charge is 0.306 e. The van der Waals surface area contributed by atoms with Gasteiger partial charge in [0.15, 0.2) is 0 Å². The van der Waals surface area contributed by atoms with Crippen LogP contribution in [0.3, 0.4) is 0 Å². The van der Waals surface area contributed by atoms with E-state index in [2.05, 4.69) is 20.9 Å². The predicted octanol–water partition coefficient (Wildman–Crippen LogP) is 1.98. The van der Waals surface area contributed by atoms with Gasteiger partial charge in [0.1, 0.15) is 6.10 Å². The van der Waals surface area contributed by atoms with Crippen LogP contribution in [-0.4, -0.2) is 70.8 Å². The van der Waals surface area contributed by atoms with E-state index in [-0.39, 0.29) is 17.7 Å². The van der Waals surface area contributed by atoms with E-state index in [0.717, 1.165) is 52.0 Å². The molecule has 5 heterocycles. The number of carbonyl (C=O) groups is 1. The lowest BCUT2D eigenvalue weighted by Crippen LogP contribution is -2.60. The molecule has 1 spiro atoms. The zero-order valence-corrected chi connectivity index (χ0v) is 15.9. The zero-order valence-electron chi connectivity index (χ0n) is 15.9. The summed E-state index contributed by atoms with van der Waals surface area (Å²) < 4.78 is 11.9. The number of cyclic esters (lactones) is 1. The van der Waals surface area contributed by atoms with E-state index in [9.17, 15) is 4.79 Å². The molecule has 1 aromatic heterocycles. The van der Waals surface area contributed by atoms with E-state index in [1.165, 1.54) is 18.4 Å². The van der Waals surface area contributed by atoms with E-state index < -0.39 is 0 Å². The highest BCUT2D eigenvalue weighted by Gasteiger charge is 2.51. The average Bonchev–Trinajstić information content (AvgIpc) is 3.18. The molecule has 4 atom stereocenters. The third-order valence-electron chi connectivity index (χ3n) is 6.83. The van der Waals surface area contributed by atoms with Gasteiger partial charge in [-0.1, -0.05) is 6.07 Å². The van der Waals surface area contributed by atoms with Crippen molar-refractivity contribution in [3.8, 4) is 0 Å². The zero-order chi connectivity index (χ0) is 18.3. The fourth-order valence-corrected chi connectivity index (χ4v) is 5.70. The lowest BCUT2D eigenvalue weighted by molar-refractivity contribution is -0.157. The van der Waals surface area contributed by atoms with Gasteiger partial charge in [0.05, 0.1) is 12.2 Å². The summed E-state index contributed by atoms with van der Waals surface area (Å²) >= 11 is 0. The van der Waals surface area contributed by atoms with Gasteiger partial charge in [-0.2, -0.15) is 0 Å². The molecular weight excluding hydrogens is 342 g/mol. The summed E-state index contributed by atoms with van der Waals surface area (Å²) in [5, 5.41) is 0. The van der Waals surface area contributed by atoms with Crippen LogP contribution in [-0.2, 0) is 20.8 Å². The molecule has 6 nitrogen and oxygen atoms in total. The van der Waals surface area contributed by atoms with Crippen molar-refractivity contribution in [2.45, 2.75) is 68.9 Å². The number of pyridine rings is 1. The van der Waals surface area contributed by atoms with Crippen LogP contribution in [0, 0.1) is 0 Å². The van der Waals surface area contributed by atoms with E-state index >= 15 is 0 Å². The molecule has 4 aliphatic heterocycles. The van der Waals surface area contributed by atoms with Crippen LogP contribution < -0.4 is 0 Å². The number of aromatic nitrogens is 1. The largest absolute Gasteiger partial charge is 0.461 e. The molecule has 2 bridgehead atoms. The molecule has 0 saturated carbocycles. The standard InChI is InChI=1S/C21H29N3O3/c25-20-6-5-19(27-20)14-24-17-3-4-18(24)11-21(10-17)15-23(8-9-26-21)13-16-2-1-7-22-12-16/h1-2,7,12,17-19H,3-6,8-11,13-15H2/t17-,18+,19?,21?. The van der Waals surface area contributed by atoms with E-state index in [1.54, 1.807) is 0 Å². The molecule has 0 aliphatic carbocycles. The van der Waals surface area contributed by atoms with Gasteiger partial charge in [-0.25, -0.2) is 0 Å². The molecule has 5 rings (SSSR count). The SMILES string of the molecule is O=C1CCC(CN2[C@@H]3CC[C@H]2CC2(C3)CN(Cc3cccnc3)CCO2)O1. The van der Waals surface area contributed by atoms with E-state index in [1.807, 2.05) is 18.5 Å². The summed E-state index contributed by atoms with van der Waals surface area (Å²) in [6, 6.07) is 5.31. The first-order valence-electron chi connectivity index (χ1n) is 10.4. The van der Waals surface area contributed by atoms with Gasteiger partial charge >= 0.3 is 5.97 Å². The molecular formula is C21H29N3O3. The molecule has 0 N–H and O–H groups in total. The maximum atomic E-state index is 11.4. The Bertz CT molecular complexity index is 669. The van der Waals surface area contributed by atoms with Gasteiger partial charge in [0, 0.05) is 57.1 Å².